The molecule has 27 heavy (non-hydrogen) atoms. The zero-order chi connectivity index (χ0) is 19.1. The fraction of sp³-hybridized carbons (Fsp3) is 0.333. The number of carbonyl (C=O) groups excluding carboxylic acids is 1. The molecule has 0 fully saturated rings. The van der Waals surface area contributed by atoms with Crippen LogP contribution in [0, 0.1) is 0 Å². The van der Waals surface area contributed by atoms with Crippen LogP contribution < -0.4 is 10.6 Å². The Morgan fingerprint density at radius 1 is 1.26 bits per heavy atom. The third kappa shape index (κ3) is 5.40. The van der Waals surface area contributed by atoms with Crippen LogP contribution in [0.2, 0.25) is 0 Å². The molecule has 1 aliphatic rings. The number of carbonyl (C=O) groups is 1. The summed E-state index contributed by atoms with van der Waals surface area (Å²) in [6.45, 7) is 0.794. The zero-order valence-corrected chi connectivity index (χ0v) is 17.1. The van der Waals surface area contributed by atoms with Crippen molar-refractivity contribution < 1.29 is 9.53 Å². The van der Waals surface area contributed by atoms with Crippen LogP contribution in [0.3, 0.4) is 0 Å². The van der Waals surface area contributed by atoms with Crippen LogP contribution in [-0.2, 0) is 4.74 Å². The molecule has 0 radical (unpaired) electrons. The SMILES string of the molecule is COC(=O)c1cc(-c2ccccc2)sc1NC(=S)NCCC1=CCCCC1. The molecule has 142 valence electrons. The van der Waals surface area contributed by atoms with Crippen LogP contribution in [0.5, 0.6) is 0 Å². The summed E-state index contributed by atoms with van der Waals surface area (Å²) in [7, 11) is 1.39. The second kappa shape index (κ2) is 9.67. The fourth-order valence-corrected chi connectivity index (χ4v) is 4.43. The van der Waals surface area contributed by atoms with Gasteiger partial charge in [0.1, 0.15) is 5.00 Å². The smallest absolute Gasteiger partial charge is 0.340 e. The molecule has 0 amide bonds. The van der Waals surface area contributed by atoms with Gasteiger partial charge in [0, 0.05) is 11.4 Å². The van der Waals surface area contributed by atoms with E-state index in [-0.39, 0.29) is 5.97 Å². The summed E-state index contributed by atoms with van der Waals surface area (Å²) < 4.78 is 4.92. The Morgan fingerprint density at radius 3 is 2.78 bits per heavy atom. The van der Waals surface area contributed by atoms with Gasteiger partial charge in [0.25, 0.3) is 0 Å². The Balaban J connectivity index is 1.65. The van der Waals surface area contributed by atoms with E-state index in [4.69, 9.17) is 17.0 Å². The summed E-state index contributed by atoms with van der Waals surface area (Å²) in [4.78, 5) is 13.1. The molecule has 1 heterocycles. The number of thiocarbonyl (C=S) groups is 1. The van der Waals surface area contributed by atoms with Gasteiger partial charge >= 0.3 is 5.97 Å². The summed E-state index contributed by atoms with van der Waals surface area (Å²) in [5.74, 6) is -0.369. The Bertz CT molecular complexity index is 828. The molecule has 0 saturated carbocycles. The Morgan fingerprint density at radius 2 is 2.07 bits per heavy atom. The number of anilines is 1. The first kappa shape index (κ1) is 19.6. The first-order valence-corrected chi connectivity index (χ1v) is 10.4. The molecule has 1 aromatic heterocycles. The molecule has 6 heteroatoms. The van der Waals surface area contributed by atoms with Crippen LogP contribution in [0.25, 0.3) is 10.4 Å². The van der Waals surface area contributed by atoms with E-state index in [1.54, 1.807) is 0 Å². The van der Waals surface area contributed by atoms with E-state index in [1.807, 2.05) is 36.4 Å². The normalized spacial score (nSPS) is 13.6. The largest absolute Gasteiger partial charge is 0.465 e. The number of rotatable bonds is 6. The number of benzene rings is 1. The van der Waals surface area contributed by atoms with E-state index in [1.165, 1.54) is 49.7 Å². The van der Waals surface area contributed by atoms with E-state index in [0.717, 1.165) is 23.4 Å². The van der Waals surface area contributed by atoms with Crippen LogP contribution in [-0.4, -0.2) is 24.7 Å². The number of hydrogen-bond acceptors (Lipinski definition) is 4. The van der Waals surface area contributed by atoms with Crippen molar-refractivity contribution in [1.29, 1.82) is 0 Å². The number of nitrogens with one attached hydrogen (secondary N) is 2. The summed E-state index contributed by atoms with van der Waals surface area (Å²) in [6, 6.07) is 11.8. The van der Waals surface area contributed by atoms with Gasteiger partial charge in [0.05, 0.1) is 12.7 Å². The topological polar surface area (TPSA) is 50.4 Å². The van der Waals surface area contributed by atoms with Gasteiger partial charge in [-0.3, -0.25) is 0 Å². The number of esters is 1. The molecule has 1 aliphatic carbocycles. The summed E-state index contributed by atoms with van der Waals surface area (Å²) in [5, 5.41) is 7.65. The molecule has 0 bridgehead atoms. The maximum Gasteiger partial charge on any atom is 0.340 e. The second-order valence-corrected chi connectivity index (χ2v) is 7.91. The molecule has 0 aliphatic heterocycles. The van der Waals surface area contributed by atoms with Crippen LogP contribution >= 0.6 is 23.6 Å². The molecular formula is C21H24N2O2S2. The Labute approximate surface area is 169 Å². The van der Waals surface area contributed by atoms with Gasteiger partial charge < -0.3 is 15.4 Å². The van der Waals surface area contributed by atoms with E-state index < -0.39 is 0 Å². The van der Waals surface area contributed by atoms with Gasteiger partial charge in [-0.2, -0.15) is 0 Å². The Hall–Kier alpha value is -2.18. The predicted octanol–water partition coefficient (Wildman–Crippen LogP) is 5.38. The highest BCUT2D eigenvalue weighted by atomic mass is 32.1. The first-order valence-electron chi connectivity index (χ1n) is 9.17. The van der Waals surface area contributed by atoms with Gasteiger partial charge in [0.15, 0.2) is 5.11 Å². The standard InChI is InChI=1S/C21H24N2O2S2/c1-25-20(24)17-14-18(16-10-6-3-7-11-16)27-19(17)23-21(26)22-13-12-15-8-4-2-5-9-15/h3,6-8,10-11,14H,2,4-5,9,12-13H2,1H3,(H2,22,23,26). The van der Waals surface area contributed by atoms with Gasteiger partial charge in [-0.25, -0.2) is 4.79 Å². The lowest BCUT2D eigenvalue weighted by Crippen LogP contribution is -2.29. The molecule has 2 N–H and O–H groups in total. The van der Waals surface area contributed by atoms with Gasteiger partial charge in [-0.15, -0.1) is 11.3 Å². The van der Waals surface area contributed by atoms with E-state index >= 15 is 0 Å². The van der Waals surface area contributed by atoms with Crippen molar-refractivity contribution in [3.05, 3.63) is 53.6 Å². The first-order chi connectivity index (χ1) is 13.2. The van der Waals surface area contributed by atoms with Crippen molar-refractivity contribution in [3.8, 4) is 10.4 Å². The highest BCUT2D eigenvalue weighted by molar-refractivity contribution is 7.80. The summed E-state index contributed by atoms with van der Waals surface area (Å²) in [5.41, 5.74) is 3.07. The summed E-state index contributed by atoms with van der Waals surface area (Å²) >= 11 is 6.92. The molecule has 0 saturated heterocycles. The van der Waals surface area contributed by atoms with E-state index in [9.17, 15) is 4.79 Å². The number of hydrogen-bond donors (Lipinski definition) is 2. The molecule has 0 unspecified atom stereocenters. The molecule has 1 aromatic carbocycles. The minimum Gasteiger partial charge on any atom is -0.465 e. The zero-order valence-electron chi connectivity index (χ0n) is 15.4. The molecule has 4 nitrogen and oxygen atoms in total. The van der Waals surface area contributed by atoms with Gasteiger partial charge in [0.2, 0.25) is 0 Å². The van der Waals surface area contributed by atoms with Crippen molar-refractivity contribution in [3.63, 3.8) is 0 Å². The fourth-order valence-electron chi connectivity index (χ4n) is 3.11. The number of allylic oxidation sites excluding steroid dienone is 1. The third-order valence-corrected chi connectivity index (χ3v) is 5.89. The minimum atomic E-state index is -0.369. The maximum absolute atomic E-state index is 12.2. The minimum absolute atomic E-state index is 0.369. The van der Waals surface area contributed by atoms with E-state index in [2.05, 4.69) is 16.7 Å². The quantitative estimate of drug-likeness (QED) is 0.387. The lowest BCUT2D eigenvalue weighted by Gasteiger charge is -2.14. The molecule has 2 aromatic rings. The monoisotopic (exact) mass is 400 g/mol. The average Bonchev–Trinajstić information content (AvgIpc) is 3.12. The summed E-state index contributed by atoms with van der Waals surface area (Å²) in [6.07, 6.45) is 8.33. The van der Waals surface area contributed by atoms with Gasteiger partial charge in [-0.1, -0.05) is 42.0 Å². The van der Waals surface area contributed by atoms with Crippen molar-refractivity contribution in [2.24, 2.45) is 0 Å². The Kier molecular flexibility index (Phi) is 7.01. The highest BCUT2D eigenvalue weighted by Gasteiger charge is 2.18. The average molecular weight is 401 g/mol. The predicted molar refractivity (Wildman–Crippen MR) is 116 cm³/mol. The molecule has 0 atom stereocenters. The lowest BCUT2D eigenvalue weighted by molar-refractivity contribution is 0.0602. The lowest BCUT2D eigenvalue weighted by atomic mass is 9.97. The number of ether oxygens (including phenoxy) is 1. The van der Waals surface area contributed by atoms with Gasteiger partial charge in [-0.05, 0) is 56.0 Å². The third-order valence-electron chi connectivity index (χ3n) is 4.54. The highest BCUT2D eigenvalue weighted by Crippen LogP contribution is 2.35. The molecule has 0 spiro atoms. The van der Waals surface area contributed by atoms with Crippen molar-refractivity contribution in [2.75, 3.05) is 19.0 Å². The van der Waals surface area contributed by atoms with Crippen LogP contribution in [0.1, 0.15) is 42.5 Å². The molecular weight excluding hydrogens is 376 g/mol. The molecule has 3 rings (SSSR count). The van der Waals surface area contributed by atoms with Crippen molar-refractivity contribution in [2.45, 2.75) is 32.1 Å². The van der Waals surface area contributed by atoms with E-state index in [0.29, 0.717) is 15.7 Å². The number of thiophene rings is 1. The van der Waals surface area contributed by atoms with Crippen molar-refractivity contribution in [1.82, 2.24) is 5.32 Å². The van der Waals surface area contributed by atoms with Crippen LogP contribution in [0.15, 0.2) is 48.0 Å². The second-order valence-electron chi connectivity index (χ2n) is 6.45. The number of methoxy groups -OCH3 is 1. The maximum atomic E-state index is 12.2. The van der Waals surface area contributed by atoms with Crippen molar-refractivity contribution >= 4 is 39.6 Å². The van der Waals surface area contributed by atoms with Crippen LogP contribution in [0.4, 0.5) is 5.00 Å².